The van der Waals surface area contributed by atoms with Crippen LogP contribution in [0.3, 0.4) is 0 Å². The minimum absolute atomic E-state index is 0.159. The average molecular weight is 277 g/mol. The summed E-state index contributed by atoms with van der Waals surface area (Å²) in [6.45, 7) is 1.98. The molecule has 0 aliphatic carbocycles. The summed E-state index contributed by atoms with van der Waals surface area (Å²) < 4.78 is 32.3. The van der Waals surface area contributed by atoms with Crippen molar-refractivity contribution in [3.8, 4) is 11.1 Å². The molecule has 0 aliphatic heterocycles. The van der Waals surface area contributed by atoms with Crippen LogP contribution in [0.15, 0.2) is 47.4 Å². The van der Waals surface area contributed by atoms with E-state index in [-0.39, 0.29) is 4.90 Å². The van der Waals surface area contributed by atoms with Gasteiger partial charge in [-0.1, -0.05) is 37.3 Å². The van der Waals surface area contributed by atoms with Crippen LogP contribution in [0.1, 0.15) is 12.5 Å². The van der Waals surface area contributed by atoms with Crippen molar-refractivity contribution >= 4 is 15.8 Å². The monoisotopic (exact) mass is 277 g/mol. The molecule has 100 valence electrons. The minimum Gasteiger partial charge on any atom is -0.398 e. The predicted molar refractivity (Wildman–Crippen MR) is 75.5 cm³/mol. The van der Waals surface area contributed by atoms with Crippen molar-refractivity contribution in [3.63, 3.8) is 0 Å². The molecule has 0 aromatic heterocycles. The molecule has 0 bridgehead atoms. The number of hydrogen-bond acceptors (Lipinski definition) is 3. The van der Waals surface area contributed by atoms with Crippen LogP contribution >= 0.6 is 0 Å². The van der Waals surface area contributed by atoms with E-state index < -0.39 is 10.1 Å². The van der Waals surface area contributed by atoms with E-state index in [0.717, 1.165) is 17.5 Å². The maximum Gasteiger partial charge on any atom is 0.295 e. The lowest BCUT2D eigenvalue weighted by molar-refractivity contribution is 0.483. The van der Waals surface area contributed by atoms with Gasteiger partial charge in [-0.3, -0.25) is 4.55 Å². The molecule has 2 rings (SSSR count). The Labute approximate surface area is 112 Å². The zero-order valence-corrected chi connectivity index (χ0v) is 11.3. The summed E-state index contributed by atoms with van der Waals surface area (Å²) >= 11 is 0. The van der Waals surface area contributed by atoms with E-state index in [1.54, 1.807) is 12.1 Å². The van der Waals surface area contributed by atoms with E-state index in [2.05, 4.69) is 0 Å². The van der Waals surface area contributed by atoms with E-state index in [4.69, 9.17) is 5.73 Å². The van der Waals surface area contributed by atoms with Gasteiger partial charge in [-0.05, 0) is 29.7 Å². The average Bonchev–Trinajstić information content (AvgIpc) is 2.37. The standard InChI is InChI=1S/C14H15NO3S/c1-2-10-6-3-4-7-11(10)14-12(15)8-5-9-13(14)19(16,17)18/h3-9H,2,15H2,1H3,(H,16,17,18). The zero-order valence-electron chi connectivity index (χ0n) is 10.5. The Kier molecular flexibility index (Phi) is 3.59. The molecule has 0 fully saturated rings. The molecule has 0 aliphatic rings. The van der Waals surface area contributed by atoms with Gasteiger partial charge in [-0.25, -0.2) is 0 Å². The molecule has 0 saturated heterocycles. The van der Waals surface area contributed by atoms with Crippen LogP contribution in [-0.2, 0) is 16.5 Å². The van der Waals surface area contributed by atoms with Gasteiger partial charge in [0.15, 0.2) is 0 Å². The topological polar surface area (TPSA) is 80.4 Å². The normalized spacial score (nSPS) is 11.5. The van der Waals surface area contributed by atoms with Crippen molar-refractivity contribution in [3.05, 3.63) is 48.0 Å². The molecule has 0 unspecified atom stereocenters. The first-order valence-electron chi connectivity index (χ1n) is 5.89. The Balaban J connectivity index is 2.82. The van der Waals surface area contributed by atoms with Gasteiger partial charge in [-0.2, -0.15) is 8.42 Å². The smallest absolute Gasteiger partial charge is 0.295 e. The Morgan fingerprint density at radius 2 is 1.79 bits per heavy atom. The van der Waals surface area contributed by atoms with Crippen LogP contribution in [0.25, 0.3) is 11.1 Å². The van der Waals surface area contributed by atoms with E-state index in [0.29, 0.717) is 11.3 Å². The van der Waals surface area contributed by atoms with Crippen molar-refractivity contribution in [1.82, 2.24) is 0 Å². The third-order valence-corrected chi connectivity index (χ3v) is 3.90. The van der Waals surface area contributed by atoms with E-state index in [9.17, 15) is 13.0 Å². The van der Waals surface area contributed by atoms with Crippen LogP contribution in [0.4, 0.5) is 5.69 Å². The van der Waals surface area contributed by atoms with Gasteiger partial charge in [0.2, 0.25) is 0 Å². The molecule has 0 saturated carbocycles. The number of rotatable bonds is 3. The van der Waals surface area contributed by atoms with Crippen molar-refractivity contribution in [2.45, 2.75) is 18.2 Å². The van der Waals surface area contributed by atoms with Gasteiger partial charge in [0.05, 0.1) is 0 Å². The lowest BCUT2D eigenvalue weighted by Gasteiger charge is -2.13. The fraction of sp³-hybridized carbons (Fsp3) is 0.143. The van der Waals surface area contributed by atoms with Crippen LogP contribution in [0.5, 0.6) is 0 Å². The molecular weight excluding hydrogens is 262 g/mol. The summed E-state index contributed by atoms with van der Waals surface area (Å²) in [7, 11) is -4.31. The van der Waals surface area contributed by atoms with Crippen molar-refractivity contribution in [1.29, 1.82) is 0 Å². The van der Waals surface area contributed by atoms with Gasteiger partial charge in [-0.15, -0.1) is 0 Å². The van der Waals surface area contributed by atoms with Crippen LogP contribution in [-0.4, -0.2) is 13.0 Å². The van der Waals surface area contributed by atoms with Gasteiger partial charge in [0.25, 0.3) is 10.1 Å². The zero-order chi connectivity index (χ0) is 14.0. The fourth-order valence-electron chi connectivity index (χ4n) is 2.12. The second-order valence-electron chi connectivity index (χ2n) is 4.21. The fourth-order valence-corrected chi connectivity index (χ4v) is 2.86. The first-order chi connectivity index (χ1) is 8.95. The highest BCUT2D eigenvalue weighted by Crippen LogP contribution is 2.34. The highest BCUT2D eigenvalue weighted by Gasteiger charge is 2.19. The number of nitrogens with two attached hydrogens (primary N) is 1. The summed E-state index contributed by atoms with van der Waals surface area (Å²) in [5, 5.41) is 0. The maximum atomic E-state index is 11.5. The van der Waals surface area contributed by atoms with Gasteiger partial charge in [0.1, 0.15) is 4.90 Å². The Morgan fingerprint density at radius 1 is 1.11 bits per heavy atom. The van der Waals surface area contributed by atoms with Crippen molar-refractivity contribution in [2.75, 3.05) is 5.73 Å². The minimum atomic E-state index is -4.31. The molecular formula is C14H15NO3S. The quantitative estimate of drug-likeness (QED) is 0.667. The van der Waals surface area contributed by atoms with Crippen LogP contribution in [0, 0.1) is 0 Å². The molecule has 0 radical (unpaired) electrons. The Hall–Kier alpha value is -1.85. The molecule has 19 heavy (non-hydrogen) atoms. The summed E-state index contributed by atoms with van der Waals surface area (Å²) in [4.78, 5) is -0.159. The second kappa shape index (κ2) is 5.03. The number of hydrogen-bond donors (Lipinski definition) is 2. The number of anilines is 1. The lowest BCUT2D eigenvalue weighted by Crippen LogP contribution is -2.04. The van der Waals surface area contributed by atoms with E-state index in [1.165, 1.54) is 12.1 Å². The molecule has 0 spiro atoms. The Morgan fingerprint density at radius 3 is 2.42 bits per heavy atom. The van der Waals surface area contributed by atoms with Crippen LogP contribution in [0.2, 0.25) is 0 Å². The van der Waals surface area contributed by atoms with E-state index >= 15 is 0 Å². The second-order valence-corrected chi connectivity index (χ2v) is 5.60. The highest BCUT2D eigenvalue weighted by atomic mass is 32.2. The number of nitrogen functional groups attached to an aromatic ring is 1. The van der Waals surface area contributed by atoms with Gasteiger partial charge >= 0.3 is 0 Å². The summed E-state index contributed by atoms with van der Waals surface area (Å²) in [5.41, 5.74) is 8.30. The molecule has 0 atom stereocenters. The number of benzene rings is 2. The molecule has 0 heterocycles. The molecule has 0 amide bonds. The van der Waals surface area contributed by atoms with E-state index in [1.807, 2.05) is 25.1 Å². The first kappa shape index (κ1) is 13.6. The maximum absolute atomic E-state index is 11.5. The summed E-state index contributed by atoms with van der Waals surface area (Å²) in [5.74, 6) is 0. The van der Waals surface area contributed by atoms with Crippen molar-refractivity contribution in [2.24, 2.45) is 0 Å². The molecule has 4 nitrogen and oxygen atoms in total. The number of aryl methyl sites for hydroxylation is 1. The predicted octanol–water partition coefficient (Wildman–Crippen LogP) is 2.74. The highest BCUT2D eigenvalue weighted by molar-refractivity contribution is 7.86. The lowest BCUT2D eigenvalue weighted by atomic mass is 9.97. The first-order valence-corrected chi connectivity index (χ1v) is 7.33. The molecule has 5 heteroatoms. The third-order valence-electron chi connectivity index (χ3n) is 3.00. The van der Waals surface area contributed by atoms with Gasteiger partial charge < -0.3 is 5.73 Å². The molecule has 2 aromatic rings. The van der Waals surface area contributed by atoms with Gasteiger partial charge in [0, 0.05) is 11.3 Å². The third kappa shape index (κ3) is 2.62. The summed E-state index contributed by atoms with van der Waals surface area (Å²) in [6.07, 6.45) is 0.745. The largest absolute Gasteiger partial charge is 0.398 e. The SMILES string of the molecule is CCc1ccccc1-c1c(N)cccc1S(=O)(=O)O. The van der Waals surface area contributed by atoms with Crippen molar-refractivity contribution < 1.29 is 13.0 Å². The molecule has 3 N–H and O–H groups in total. The molecule has 2 aromatic carbocycles. The summed E-state index contributed by atoms with van der Waals surface area (Å²) in [6, 6.07) is 11.9. The Bertz CT molecular complexity index is 708. The van der Waals surface area contributed by atoms with Crippen LogP contribution < -0.4 is 5.73 Å².